The average molecular weight is 184 g/mol. The lowest BCUT2D eigenvalue weighted by molar-refractivity contribution is 0.419. The van der Waals surface area contributed by atoms with Crippen LogP contribution in [0.2, 0.25) is 0 Å². The second-order valence-electron chi connectivity index (χ2n) is 2.37. The molecule has 62 valence electrons. The van der Waals surface area contributed by atoms with Crippen LogP contribution in [0, 0.1) is 5.82 Å². The van der Waals surface area contributed by atoms with Crippen molar-refractivity contribution in [2.24, 2.45) is 0 Å². The lowest BCUT2D eigenvalue weighted by Gasteiger charge is -1.89. The molecule has 0 saturated heterocycles. The van der Waals surface area contributed by atoms with E-state index in [4.69, 9.17) is 5.11 Å². The van der Waals surface area contributed by atoms with Gasteiger partial charge in [-0.25, -0.2) is 4.39 Å². The highest BCUT2D eigenvalue weighted by Crippen LogP contribution is 2.42. The zero-order chi connectivity index (χ0) is 8.72. The molecule has 0 aliphatic heterocycles. The number of fused-ring (bicyclic) bond motifs is 1. The van der Waals surface area contributed by atoms with Gasteiger partial charge >= 0.3 is 0 Å². The highest BCUT2D eigenvalue weighted by molar-refractivity contribution is 7.21. The third-order valence-corrected chi connectivity index (χ3v) is 2.63. The van der Waals surface area contributed by atoms with Crippen molar-refractivity contribution in [2.75, 3.05) is 0 Å². The minimum atomic E-state index is -0.423. The van der Waals surface area contributed by atoms with Gasteiger partial charge in [0.1, 0.15) is 5.82 Å². The van der Waals surface area contributed by atoms with E-state index in [1.165, 1.54) is 12.1 Å². The first kappa shape index (κ1) is 7.36. The molecule has 0 spiro atoms. The number of halogens is 1. The van der Waals surface area contributed by atoms with E-state index in [0.717, 1.165) is 11.3 Å². The van der Waals surface area contributed by atoms with Crippen LogP contribution in [0.15, 0.2) is 18.2 Å². The summed E-state index contributed by atoms with van der Waals surface area (Å²) in [6.07, 6.45) is 0. The van der Waals surface area contributed by atoms with E-state index >= 15 is 0 Å². The maximum absolute atomic E-state index is 13.0. The Kier molecular flexibility index (Phi) is 1.44. The molecule has 0 aliphatic carbocycles. The Morgan fingerprint density at radius 1 is 1.25 bits per heavy atom. The molecule has 4 heteroatoms. The van der Waals surface area contributed by atoms with Crippen LogP contribution in [-0.2, 0) is 0 Å². The summed E-state index contributed by atoms with van der Waals surface area (Å²) < 4.78 is 13.3. The zero-order valence-corrected chi connectivity index (χ0v) is 6.73. The van der Waals surface area contributed by atoms with Gasteiger partial charge in [0, 0.05) is 5.39 Å². The molecule has 1 aromatic carbocycles. The lowest BCUT2D eigenvalue weighted by Crippen LogP contribution is -1.70. The van der Waals surface area contributed by atoms with Crippen LogP contribution in [-0.4, -0.2) is 10.2 Å². The first-order valence-electron chi connectivity index (χ1n) is 3.29. The van der Waals surface area contributed by atoms with Crippen molar-refractivity contribution in [1.29, 1.82) is 0 Å². The van der Waals surface area contributed by atoms with Gasteiger partial charge in [-0.05, 0) is 12.1 Å². The van der Waals surface area contributed by atoms with Crippen LogP contribution >= 0.6 is 11.3 Å². The molecule has 0 saturated carbocycles. The van der Waals surface area contributed by atoms with E-state index in [-0.39, 0.29) is 15.5 Å². The van der Waals surface area contributed by atoms with Crippen LogP contribution in [0.3, 0.4) is 0 Å². The monoisotopic (exact) mass is 184 g/mol. The van der Waals surface area contributed by atoms with Gasteiger partial charge in [-0.2, -0.15) is 0 Å². The summed E-state index contributed by atoms with van der Waals surface area (Å²) in [7, 11) is 0. The normalized spacial score (nSPS) is 10.8. The minimum absolute atomic E-state index is 0.241. The Hall–Kier alpha value is -1.29. The Morgan fingerprint density at radius 3 is 2.67 bits per heavy atom. The van der Waals surface area contributed by atoms with Gasteiger partial charge < -0.3 is 10.2 Å². The smallest absolute Gasteiger partial charge is 0.215 e. The van der Waals surface area contributed by atoms with Crippen molar-refractivity contribution in [3.63, 3.8) is 0 Å². The topological polar surface area (TPSA) is 40.5 Å². The third-order valence-electron chi connectivity index (χ3n) is 1.62. The Bertz CT molecular complexity index is 436. The van der Waals surface area contributed by atoms with Gasteiger partial charge in [-0.15, -0.1) is 0 Å². The van der Waals surface area contributed by atoms with Gasteiger partial charge in [-0.3, -0.25) is 0 Å². The third kappa shape index (κ3) is 0.848. The second-order valence-corrected chi connectivity index (χ2v) is 3.37. The molecule has 2 nitrogen and oxygen atoms in total. The standard InChI is InChI=1S/C8H5FO2S/c9-5-3-1-2-4-6(10)8(11)12-7(4)5/h1-3,10-11H. The van der Waals surface area contributed by atoms with Crippen molar-refractivity contribution in [1.82, 2.24) is 0 Å². The van der Waals surface area contributed by atoms with Crippen molar-refractivity contribution >= 4 is 21.4 Å². The van der Waals surface area contributed by atoms with E-state index in [1.807, 2.05) is 0 Å². The van der Waals surface area contributed by atoms with Crippen molar-refractivity contribution in [3.05, 3.63) is 24.0 Å². The maximum Gasteiger partial charge on any atom is 0.215 e. The Balaban J connectivity index is 2.95. The summed E-state index contributed by atoms with van der Waals surface area (Å²) in [6, 6.07) is 4.34. The van der Waals surface area contributed by atoms with Crippen LogP contribution in [0.5, 0.6) is 10.8 Å². The van der Waals surface area contributed by atoms with E-state index in [1.54, 1.807) is 6.07 Å². The number of hydrogen-bond donors (Lipinski definition) is 2. The van der Waals surface area contributed by atoms with Crippen LogP contribution in [0.1, 0.15) is 0 Å². The van der Waals surface area contributed by atoms with Crippen molar-refractivity contribution in [2.45, 2.75) is 0 Å². The van der Waals surface area contributed by atoms with Crippen molar-refractivity contribution < 1.29 is 14.6 Å². The molecular formula is C8H5FO2S. The predicted molar refractivity (Wildman–Crippen MR) is 45.1 cm³/mol. The van der Waals surface area contributed by atoms with E-state index in [9.17, 15) is 9.50 Å². The summed E-state index contributed by atoms with van der Waals surface area (Å²) in [4.78, 5) is 0. The Morgan fingerprint density at radius 2 is 2.00 bits per heavy atom. The van der Waals surface area contributed by atoms with Crippen molar-refractivity contribution in [3.8, 4) is 10.8 Å². The molecule has 2 rings (SSSR count). The lowest BCUT2D eigenvalue weighted by atomic mass is 10.2. The summed E-state index contributed by atoms with van der Waals surface area (Å²) in [5.41, 5.74) is 0. The van der Waals surface area contributed by atoms with Gasteiger partial charge in [0.05, 0.1) is 4.70 Å². The number of aromatic hydroxyl groups is 2. The number of thiophene rings is 1. The molecule has 0 unspecified atom stereocenters. The second kappa shape index (κ2) is 2.35. The van der Waals surface area contributed by atoms with Gasteiger partial charge in [0.15, 0.2) is 5.75 Å². The molecule has 0 fully saturated rings. The maximum atomic E-state index is 13.0. The molecule has 0 aliphatic rings. The molecule has 2 aromatic rings. The van der Waals surface area contributed by atoms with Crippen LogP contribution in [0.4, 0.5) is 4.39 Å². The summed E-state index contributed by atoms with van der Waals surface area (Å²) in [6.45, 7) is 0. The number of rotatable bonds is 0. The fourth-order valence-corrected chi connectivity index (χ4v) is 1.90. The molecule has 12 heavy (non-hydrogen) atoms. The molecule has 1 aromatic heterocycles. The van der Waals surface area contributed by atoms with Crippen LogP contribution in [0.25, 0.3) is 10.1 Å². The quantitative estimate of drug-likeness (QED) is 0.660. The molecule has 0 amide bonds. The van der Waals surface area contributed by atoms with Gasteiger partial charge in [0.25, 0.3) is 0 Å². The SMILES string of the molecule is Oc1sc2c(F)cccc2c1O. The van der Waals surface area contributed by atoms with Gasteiger partial charge in [-0.1, -0.05) is 17.4 Å². The highest BCUT2D eigenvalue weighted by atomic mass is 32.1. The molecule has 0 radical (unpaired) electrons. The number of hydrogen-bond acceptors (Lipinski definition) is 3. The van der Waals surface area contributed by atoms with E-state index in [0.29, 0.717) is 5.39 Å². The highest BCUT2D eigenvalue weighted by Gasteiger charge is 2.12. The van der Waals surface area contributed by atoms with Crippen LogP contribution < -0.4 is 0 Å². The molecule has 1 heterocycles. The molecule has 2 N–H and O–H groups in total. The van der Waals surface area contributed by atoms with E-state index < -0.39 is 5.82 Å². The first-order chi connectivity index (χ1) is 5.70. The molecular weight excluding hydrogens is 179 g/mol. The predicted octanol–water partition coefficient (Wildman–Crippen LogP) is 2.45. The summed E-state index contributed by atoms with van der Waals surface area (Å²) in [5, 5.41) is 18.4. The van der Waals surface area contributed by atoms with Gasteiger partial charge in [0.2, 0.25) is 5.06 Å². The first-order valence-corrected chi connectivity index (χ1v) is 4.10. The molecule has 0 bridgehead atoms. The zero-order valence-electron chi connectivity index (χ0n) is 5.91. The Labute approximate surface area is 71.5 Å². The summed E-state index contributed by atoms with van der Waals surface area (Å²) >= 11 is 0.836. The average Bonchev–Trinajstić information content (AvgIpc) is 2.32. The fraction of sp³-hybridized carbons (Fsp3) is 0. The van der Waals surface area contributed by atoms with E-state index in [2.05, 4.69) is 0 Å². The largest absolute Gasteiger partial charge is 0.503 e. The minimum Gasteiger partial charge on any atom is -0.503 e. The summed E-state index contributed by atoms with van der Waals surface area (Å²) in [5.74, 6) is -0.664. The number of benzene rings is 1. The fourth-order valence-electron chi connectivity index (χ4n) is 1.06. The molecule has 0 atom stereocenters.